The second-order valence-electron chi connectivity index (χ2n) is 5.25. The van der Waals surface area contributed by atoms with Gasteiger partial charge in [0.15, 0.2) is 11.5 Å². The average molecular weight is 291 g/mol. The minimum Gasteiger partial charge on any atom is -0.485 e. The van der Waals surface area contributed by atoms with Crippen molar-refractivity contribution in [2.24, 2.45) is 0 Å². The Morgan fingerprint density at radius 3 is 2.71 bits per heavy atom. The molecule has 0 radical (unpaired) electrons. The van der Waals surface area contributed by atoms with Crippen LogP contribution in [0.25, 0.3) is 0 Å². The molecule has 0 aromatic heterocycles. The maximum Gasteiger partial charge on any atom is 0.326 e. The van der Waals surface area contributed by atoms with Crippen LogP contribution in [0.2, 0.25) is 0 Å². The van der Waals surface area contributed by atoms with Crippen molar-refractivity contribution in [2.75, 3.05) is 13.2 Å². The molecule has 6 heteroatoms. The summed E-state index contributed by atoms with van der Waals surface area (Å²) in [6.45, 7) is 0.565. The summed E-state index contributed by atoms with van der Waals surface area (Å²) < 4.78 is 11.2. The van der Waals surface area contributed by atoms with E-state index in [1.807, 2.05) is 6.07 Å². The van der Waals surface area contributed by atoms with Crippen molar-refractivity contribution < 1.29 is 24.2 Å². The molecule has 2 aliphatic heterocycles. The van der Waals surface area contributed by atoms with Gasteiger partial charge in [0.2, 0.25) is 6.10 Å². The molecule has 1 N–H and O–H groups in total. The van der Waals surface area contributed by atoms with E-state index in [0.717, 1.165) is 12.8 Å². The summed E-state index contributed by atoms with van der Waals surface area (Å²) in [5.41, 5.74) is 0. The number of rotatable bonds is 2. The Balaban J connectivity index is 1.75. The fourth-order valence-electron chi connectivity index (χ4n) is 2.78. The van der Waals surface area contributed by atoms with Gasteiger partial charge in [-0.25, -0.2) is 4.79 Å². The first kappa shape index (κ1) is 13.7. The Morgan fingerprint density at radius 2 is 1.95 bits per heavy atom. The molecule has 6 nitrogen and oxygen atoms in total. The zero-order valence-electron chi connectivity index (χ0n) is 11.5. The molecule has 3 rings (SSSR count). The van der Waals surface area contributed by atoms with Crippen molar-refractivity contribution in [3.05, 3.63) is 24.3 Å². The van der Waals surface area contributed by atoms with Crippen molar-refractivity contribution in [3.8, 4) is 11.5 Å². The van der Waals surface area contributed by atoms with Crippen LogP contribution in [0.1, 0.15) is 19.3 Å². The number of para-hydroxylation sites is 2. The molecule has 0 aliphatic carbocycles. The predicted molar refractivity (Wildman–Crippen MR) is 73.3 cm³/mol. The van der Waals surface area contributed by atoms with Gasteiger partial charge in [0.25, 0.3) is 5.91 Å². The van der Waals surface area contributed by atoms with Crippen LogP contribution in [0, 0.1) is 0 Å². The molecule has 0 saturated carbocycles. The van der Waals surface area contributed by atoms with Gasteiger partial charge in [-0.15, -0.1) is 0 Å². The SMILES string of the molecule is O=C(O)[C@H]1CCCCN1C(=O)C1COc2ccccc2O1. The number of ether oxygens (including phenoxy) is 2. The molecule has 1 unspecified atom stereocenters. The summed E-state index contributed by atoms with van der Waals surface area (Å²) in [5.74, 6) is -0.141. The van der Waals surface area contributed by atoms with Gasteiger partial charge in [0.05, 0.1) is 0 Å². The Kier molecular flexibility index (Phi) is 3.68. The highest BCUT2D eigenvalue weighted by Crippen LogP contribution is 2.32. The van der Waals surface area contributed by atoms with Crippen LogP contribution in [0.15, 0.2) is 24.3 Å². The Hall–Kier alpha value is -2.24. The van der Waals surface area contributed by atoms with Crippen LogP contribution < -0.4 is 9.47 Å². The van der Waals surface area contributed by atoms with E-state index in [2.05, 4.69) is 0 Å². The molecule has 1 amide bonds. The number of amides is 1. The fraction of sp³-hybridized carbons (Fsp3) is 0.467. The van der Waals surface area contributed by atoms with Crippen molar-refractivity contribution in [3.63, 3.8) is 0 Å². The third-order valence-electron chi connectivity index (χ3n) is 3.85. The van der Waals surface area contributed by atoms with Gasteiger partial charge in [0.1, 0.15) is 12.6 Å². The topological polar surface area (TPSA) is 76.1 Å². The van der Waals surface area contributed by atoms with Gasteiger partial charge in [-0.3, -0.25) is 4.79 Å². The van der Waals surface area contributed by atoms with Crippen LogP contribution in [-0.2, 0) is 9.59 Å². The van der Waals surface area contributed by atoms with Crippen molar-refractivity contribution in [2.45, 2.75) is 31.4 Å². The van der Waals surface area contributed by atoms with Crippen molar-refractivity contribution >= 4 is 11.9 Å². The van der Waals surface area contributed by atoms with Crippen molar-refractivity contribution in [1.82, 2.24) is 4.90 Å². The molecule has 0 bridgehead atoms. The first-order valence-electron chi connectivity index (χ1n) is 7.08. The zero-order valence-corrected chi connectivity index (χ0v) is 11.5. The molecule has 21 heavy (non-hydrogen) atoms. The van der Waals surface area contributed by atoms with E-state index in [9.17, 15) is 14.7 Å². The highest BCUT2D eigenvalue weighted by molar-refractivity contribution is 5.87. The lowest BCUT2D eigenvalue weighted by molar-refractivity contribution is -0.156. The number of fused-ring (bicyclic) bond motifs is 1. The molecule has 2 atom stereocenters. The lowest BCUT2D eigenvalue weighted by atomic mass is 10.0. The van der Waals surface area contributed by atoms with E-state index < -0.39 is 18.1 Å². The lowest BCUT2D eigenvalue weighted by Gasteiger charge is -2.36. The van der Waals surface area contributed by atoms with E-state index in [1.54, 1.807) is 18.2 Å². The minimum absolute atomic E-state index is 0.110. The van der Waals surface area contributed by atoms with Crippen LogP contribution in [-0.4, -0.2) is 47.2 Å². The number of hydrogen-bond acceptors (Lipinski definition) is 4. The number of carbonyl (C=O) groups is 2. The molecule has 112 valence electrons. The second-order valence-corrected chi connectivity index (χ2v) is 5.25. The van der Waals surface area contributed by atoms with Gasteiger partial charge in [-0.05, 0) is 31.4 Å². The summed E-state index contributed by atoms with van der Waals surface area (Å²) >= 11 is 0. The smallest absolute Gasteiger partial charge is 0.326 e. The Bertz CT molecular complexity index is 559. The average Bonchev–Trinajstić information content (AvgIpc) is 2.53. The fourth-order valence-corrected chi connectivity index (χ4v) is 2.78. The normalized spacial score (nSPS) is 24.5. The molecule has 1 saturated heterocycles. The largest absolute Gasteiger partial charge is 0.485 e. The Morgan fingerprint density at radius 1 is 1.19 bits per heavy atom. The third kappa shape index (κ3) is 2.66. The maximum absolute atomic E-state index is 12.5. The third-order valence-corrected chi connectivity index (χ3v) is 3.85. The predicted octanol–water partition coefficient (Wildman–Crippen LogP) is 1.29. The number of carboxylic acid groups (broad SMARTS) is 1. The lowest BCUT2D eigenvalue weighted by Crippen LogP contribution is -2.54. The molecule has 2 aliphatic rings. The summed E-state index contributed by atoms with van der Waals surface area (Å²) in [4.78, 5) is 25.2. The number of aliphatic carboxylic acids is 1. The molecule has 1 aromatic carbocycles. The van der Waals surface area contributed by atoms with E-state index in [0.29, 0.717) is 24.5 Å². The summed E-state index contributed by atoms with van der Waals surface area (Å²) in [6, 6.07) is 6.38. The number of carboxylic acids is 1. The molecular weight excluding hydrogens is 274 g/mol. The van der Waals surface area contributed by atoms with E-state index in [1.165, 1.54) is 4.90 Å². The maximum atomic E-state index is 12.5. The first-order chi connectivity index (χ1) is 10.2. The van der Waals surface area contributed by atoms with Crippen LogP contribution >= 0.6 is 0 Å². The van der Waals surface area contributed by atoms with E-state index in [-0.39, 0.29) is 12.5 Å². The molecule has 0 spiro atoms. The van der Waals surface area contributed by atoms with Gasteiger partial charge < -0.3 is 19.5 Å². The highest BCUT2D eigenvalue weighted by atomic mass is 16.6. The van der Waals surface area contributed by atoms with Crippen LogP contribution in [0.3, 0.4) is 0 Å². The van der Waals surface area contributed by atoms with Gasteiger partial charge in [0, 0.05) is 6.54 Å². The summed E-state index contributed by atoms with van der Waals surface area (Å²) in [7, 11) is 0. The summed E-state index contributed by atoms with van der Waals surface area (Å²) in [6.07, 6.45) is 1.36. The number of likely N-dealkylation sites (tertiary alicyclic amines) is 1. The number of benzene rings is 1. The number of hydrogen-bond donors (Lipinski definition) is 1. The van der Waals surface area contributed by atoms with Crippen LogP contribution in [0.5, 0.6) is 11.5 Å². The van der Waals surface area contributed by atoms with Gasteiger partial charge in [-0.1, -0.05) is 12.1 Å². The number of carbonyl (C=O) groups excluding carboxylic acids is 1. The highest BCUT2D eigenvalue weighted by Gasteiger charge is 2.38. The minimum atomic E-state index is -0.958. The van der Waals surface area contributed by atoms with Crippen molar-refractivity contribution in [1.29, 1.82) is 0 Å². The summed E-state index contributed by atoms with van der Waals surface area (Å²) in [5, 5.41) is 9.25. The molecule has 1 fully saturated rings. The van der Waals surface area contributed by atoms with Gasteiger partial charge in [-0.2, -0.15) is 0 Å². The van der Waals surface area contributed by atoms with E-state index in [4.69, 9.17) is 9.47 Å². The van der Waals surface area contributed by atoms with E-state index >= 15 is 0 Å². The molecular formula is C15H17NO5. The Labute approximate surface area is 122 Å². The second kappa shape index (κ2) is 5.63. The quantitative estimate of drug-likeness (QED) is 0.888. The number of nitrogens with zero attached hydrogens (tertiary/aromatic N) is 1. The zero-order chi connectivity index (χ0) is 14.8. The standard InChI is InChI=1S/C15H17NO5/c17-14(16-8-4-3-5-10(16)15(18)19)13-9-20-11-6-1-2-7-12(11)21-13/h1-2,6-7,10,13H,3-5,8-9H2,(H,18,19)/t10-,13?/m1/s1. The monoisotopic (exact) mass is 291 g/mol. The van der Waals surface area contributed by atoms with Gasteiger partial charge >= 0.3 is 5.97 Å². The first-order valence-corrected chi connectivity index (χ1v) is 7.08. The molecule has 2 heterocycles. The number of piperidine rings is 1. The molecule has 1 aromatic rings. The van der Waals surface area contributed by atoms with Crippen LogP contribution in [0.4, 0.5) is 0 Å².